The van der Waals surface area contributed by atoms with Crippen LogP contribution in [-0.2, 0) is 30.2 Å². The SMILES string of the molecule is COCCCN(Cc1cccn1Cc1cccc(C(F)(F)F)c1)C(=O)c1cccc(C(F)(F)F)c1. The summed E-state index contributed by atoms with van der Waals surface area (Å²) in [5.41, 5.74) is -0.737. The minimum absolute atomic E-state index is 0.0603. The molecule has 10 heteroatoms. The highest BCUT2D eigenvalue weighted by Crippen LogP contribution is 2.31. The van der Waals surface area contributed by atoms with Crippen LogP contribution in [0, 0.1) is 0 Å². The lowest BCUT2D eigenvalue weighted by Crippen LogP contribution is -2.33. The molecule has 1 aromatic heterocycles. The summed E-state index contributed by atoms with van der Waals surface area (Å²) in [6.07, 6.45) is -6.92. The molecule has 0 saturated carbocycles. The van der Waals surface area contributed by atoms with Gasteiger partial charge in [0.2, 0.25) is 0 Å². The van der Waals surface area contributed by atoms with Gasteiger partial charge in [-0.25, -0.2) is 0 Å². The number of carbonyl (C=O) groups is 1. The smallest absolute Gasteiger partial charge is 0.385 e. The molecule has 0 unspecified atom stereocenters. The molecule has 1 heterocycles. The minimum atomic E-state index is -4.59. The second-order valence-corrected chi connectivity index (χ2v) is 7.98. The largest absolute Gasteiger partial charge is 0.416 e. The quantitative estimate of drug-likeness (QED) is 0.258. The fourth-order valence-electron chi connectivity index (χ4n) is 3.65. The summed E-state index contributed by atoms with van der Waals surface area (Å²) in [6, 6.07) is 12.6. The number of carbonyl (C=O) groups excluding carboxylic acids is 1. The first-order valence-corrected chi connectivity index (χ1v) is 10.7. The highest BCUT2D eigenvalue weighted by Gasteiger charge is 2.32. The van der Waals surface area contributed by atoms with E-state index in [-0.39, 0.29) is 25.2 Å². The Kier molecular flexibility index (Phi) is 8.26. The van der Waals surface area contributed by atoms with Crippen LogP contribution in [0.1, 0.15) is 39.2 Å². The molecule has 0 aliphatic rings. The van der Waals surface area contributed by atoms with Crippen molar-refractivity contribution in [3.8, 4) is 0 Å². The maximum atomic E-state index is 13.2. The second kappa shape index (κ2) is 11.0. The molecule has 0 atom stereocenters. The number of alkyl halides is 6. The molecule has 4 nitrogen and oxygen atoms in total. The van der Waals surface area contributed by atoms with Crippen LogP contribution in [0.3, 0.4) is 0 Å². The van der Waals surface area contributed by atoms with Gasteiger partial charge in [0.1, 0.15) is 0 Å². The van der Waals surface area contributed by atoms with E-state index in [1.54, 1.807) is 29.0 Å². The Morgan fingerprint density at radius 2 is 1.57 bits per heavy atom. The molecule has 0 bridgehead atoms. The molecule has 0 spiro atoms. The number of hydrogen-bond donors (Lipinski definition) is 0. The first-order chi connectivity index (χ1) is 16.5. The topological polar surface area (TPSA) is 34.5 Å². The molecule has 1 amide bonds. The van der Waals surface area contributed by atoms with Gasteiger partial charge in [-0.1, -0.05) is 18.2 Å². The van der Waals surface area contributed by atoms with E-state index < -0.39 is 29.4 Å². The van der Waals surface area contributed by atoms with E-state index in [0.717, 1.165) is 24.3 Å². The lowest BCUT2D eigenvalue weighted by atomic mass is 10.1. The molecule has 0 radical (unpaired) electrons. The van der Waals surface area contributed by atoms with Gasteiger partial charge in [0.05, 0.1) is 17.7 Å². The molecule has 0 aliphatic heterocycles. The molecule has 3 rings (SSSR count). The summed E-state index contributed by atoms with van der Waals surface area (Å²) >= 11 is 0. The van der Waals surface area contributed by atoms with Gasteiger partial charge in [0.15, 0.2) is 0 Å². The summed E-state index contributed by atoms with van der Waals surface area (Å²) in [5, 5.41) is 0. The standard InChI is InChI=1S/C25H24F6N2O2/c1-35-13-5-12-33(23(34)19-7-3-9-21(15-19)25(29,30)31)17-22-10-4-11-32(22)16-18-6-2-8-20(14-18)24(26,27)28/h2-4,6-11,14-15H,5,12-13,16-17H2,1H3. The lowest BCUT2D eigenvalue weighted by Gasteiger charge is -2.24. The first kappa shape index (κ1) is 26.3. The molecule has 2 aromatic carbocycles. The third kappa shape index (κ3) is 7.11. The van der Waals surface area contributed by atoms with E-state index in [2.05, 4.69) is 0 Å². The van der Waals surface area contributed by atoms with Crippen LogP contribution in [0.25, 0.3) is 0 Å². The van der Waals surface area contributed by atoms with Gasteiger partial charge in [-0.05, 0) is 54.4 Å². The van der Waals surface area contributed by atoms with Crippen LogP contribution in [0.4, 0.5) is 26.3 Å². The monoisotopic (exact) mass is 498 g/mol. The Hall–Kier alpha value is -3.27. The summed E-state index contributed by atoms with van der Waals surface area (Å²) in [6.45, 7) is 0.760. The van der Waals surface area contributed by atoms with E-state index >= 15 is 0 Å². The molecule has 0 N–H and O–H groups in total. The number of ether oxygens (including phenoxy) is 1. The number of nitrogens with zero attached hydrogens (tertiary/aromatic N) is 2. The molecule has 0 saturated heterocycles. The maximum absolute atomic E-state index is 13.2. The number of methoxy groups -OCH3 is 1. The van der Waals surface area contributed by atoms with Crippen LogP contribution in [-0.4, -0.2) is 35.6 Å². The average Bonchev–Trinajstić information content (AvgIpc) is 3.23. The van der Waals surface area contributed by atoms with Crippen molar-refractivity contribution in [2.24, 2.45) is 0 Å². The number of benzene rings is 2. The second-order valence-electron chi connectivity index (χ2n) is 7.98. The zero-order valence-corrected chi connectivity index (χ0v) is 18.9. The summed E-state index contributed by atoms with van der Waals surface area (Å²) in [7, 11) is 1.50. The van der Waals surface area contributed by atoms with Crippen molar-refractivity contribution in [2.75, 3.05) is 20.3 Å². The Morgan fingerprint density at radius 3 is 2.23 bits per heavy atom. The number of amides is 1. The Labute approximate surface area is 198 Å². The van der Waals surface area contributed by atoms with Gasteiger partial charge >= 0.3 is 12.4 Å². The van der Waals surface area contributed by atoms with Crippen LogP contribution >= 0.6 is 0 Å². The van der Waals surface area contributed by atoms with E-state index in [9.17, 15) is 31.1 Å². The fourth-order valence-corrected chi connectivity index (χ4v) is 3.65. The van der Waals surface area contributed by atoms with E-state index in [1.165, 1.54) is 30.2 Å². The van der Waals surface area contributed by atoms with Gasteiger partial charge in [-0.2, -0.15) is 26.3 Å². The van der Waals surface area contributed by atoms with E-state index in [4.69, 9.17) is 4.74 Å². The summed E-state index contributed by atoms with van der Waals surface area (Å²) in [5.74, 6) is -0.584. The number of aromatic nitrogens is 1. The highest BCUT2D eigenvalue weighted by atomic mass is 19.4. The molecule has 3 aromatic rings. The van der Waals surface area contributed by atoms with Crippen molar-refractivity contribution < 1.29 is 35.9 Å². The molecular formula is C25H24F6N2O2. The van der Waals surface area contributed by atoms with Crippen molar-refractivity contribution in [3.05, 3.63) is 94.8 Å². The highest BCUT2D eigenvalue weighted by molar-refractivity contribution is 5.94. The molecule has 188 valence electrons. The van der Waals surface area contributed by atoms with Crippen LogP contribution in [0.2, 0.25) is 0 Å². The van der Waals surface area contributed by atoms with Crippen LogP contribution in [0.5, 0.6) is 0 Å². The van der Waals surface area contributed by atoms with Gasteiger partial charge in [0, 0.05) is 44.3 Å². The minimum Gasteiger partial charge on any atom is -0.385 e. The van der Waals surface area contributed by atoms with Crippen LogP contribution < -0.4 is 0 Å². The Balaban J connectivity index is 1.84. The molecule has 0 aliphatic carbocycles. The zero-order chi connectivity index (χ0) is 25.6. The number of rotatable bonds is 9. The zero-order valence-electron chi connectivity index (χ0n) is 18.9. The Morgan fingerprint density at radius 1 is 0.914 bits per heavy atom. The van der Waals surface area contributed by atoms with Crippen molar-refractivity contribution >= 4 is 5.91 Å². The van der Waals surface area contributed by atoms with Crippen molar-refractivity contribution in [1.82, 2.24) is 9.47 Å². The summed E-state index contributed by atoms with van der Waals surface area (Å²) < 4.78 is 85.3. The van der Waals surface area contributed by atoms with E-state index in [1.807, 2.05) is 0 Å². The fraction of sp³-hybridized carbons (Fsp3) is 0.320. The molecule has 35 heavy (non-hydrogen) atoms. The van der Waals surface area contributed by atoms with Gasteiger partial charge in [0.25, 0.3) is 5.91 Å². The van der Waals surface area contributed by atoms with Gasteiger partial charge in [-0.3, -0.25) is 4.79 Å². The van der Waals surface area contributed by atoms with Crippen molar-refractivity contribution in [2.45, 2.75) is 31.9 Å². The van der Waals surface area contributed by atoms with Gasteiger partial charge in [-0.15, -0.1) is 0 Å². The normalized spacial score (nSPS) is 12.1. The third-order valence-electron chi connectivity index (χ3n) is 5.38. The van der Waals surface area contributed by atoms with E-state index in [0.29, 0.717) is 24.3 Å². The van der Waals surface area contributed by atoms with Crippen molar-refractivity contribution in [1.29, 1.82) is 0 Å². The Bertz CT molecular complexity index is 1140. The maximum Gasteiger partial charge on any atom is 0.416 e. The molecular weight excluding hydrogens is 474 g/mol. The third-order valence-corrected chi connectivity index (χ3v) is 5.38. The van der Waals surface area contributed by atoms with Crippen LogP contribution in [0.15, 0.2) is 66.9 Å². The average molecular weight is 498 g/mol. The summed E-state index contributed by atoms with van der Waals surface area (Å²) in [4.78, 5) is 14.6. The number of hydrogen-bond acceptors (Lipinski definition) is 2. The lowest BCUT2D eigenvalue weighted by molar-refractivity contribution is -0.138. The van der Waals surface area contributed by atoms with Crippen molar-refractivity contribution in [3.63, 3.8) is 0 Å². The molecule has 0 fully saturated rings. The number of halogens is 6. The predicted octanol–water partition coefficient (Wildman–Crippen LogP) is 6.25. The van der Waals surface area contributed by atoms with Gasteiger partial charge < -0.3 is 14.2 Å². The first-order valence-electron chi connectivity index (χ1n) is 10.7. The predicted molar refractivity (Wildman–Crippen MR) is 118 cm³/mol.